The molecule has 2 rings (SSSR count). The van der Waals surface area contributed by atoms with Gasteiger partial charge in [0.25, 0.3) is 0 Å². The monoisotopic (exact) mass is 266 g/mol. The SMILES string of the molecule is CN1CCCC(NC(=O)Cc2ccc(Cl)cc2)C1. The number of amides is 1. The molecule has 1 atom stereocenters. The molecule has 3 nitrogen and oxygen atoms in total. The second-order valence-electron chi connectivity index (χ2n) is 4.97. The van der Waals surface area contributed by atoms with E-state index in [2.05, 4.69) is 17.3 Å². The maximum absolute atomic E-state index is 11.9. The van der Waals surface area contributed by atoms with Crippen LogP contribution >= 0.6 is 11.6 Å². The van der Waals surface area contributed by atoms with Gasteiger partial charge in [0.1, 0.15) is 0 Å². The molecular weight excluding hydrogens is 248 g/mol. The fourth-order valence-electron chi connectivity index (χ4n) is 2.35. The van der Waals surface area contributed by atoms with Gasteiger partial charge in [0.15, 0.2) is 0 Å². The molecule has 1 aromatic rings. The highest BCUT2D eigenvalue weighted by atomic mass is 35.5. The summed E-state index contributed by atoms with van der Waals surface area (Å²) in [5.74, 6) is 0.0950. The molecule has 1 N–H and O–H groups in total. The standard InChI is InChI=1S/C14H19ClN2O/c1-17-8-2-3-13(10-17)16-14(18)9-11-4-6-12(15)7-5-11/h4-7,13H,2-3,8-10H2,1H3,(H,16,18). The van der Waals surface area contributed by atoms with Gasteiger partial charge >= 0.3 is 0 Å². The number of piperidine rings is 1. The summed E-state index contributed by atoms with van der Waals surface area (Å²) in [6.45, 7) is 2.08. The topological polar surface area (TPSA) is 32.3 Å². The van der Waals surface area contributed by atoms with Crippen molar-refractivity contribution < 1.29 is 4.79 Å². The van der Waals surface area contributed by atoms with E-state index in [9.17, 15) is 4.79 Å². The first-order valence-corrected chi connectivity index (χ1v) is 6.73. The van der Waals surface area contributed by atoms with E-state index in [4.69, 9.17) is 11.6 Å². The van der Waals surface area contributed by atoms with E-state index in [0.29, 0.717) is 17.5 Å². The van der Waals surface area contributed by atoms with Gasteiger partial charge in [-0.3, -0.25) is 4.79 Å². The van der Waals surface area contributed by atoms with Crippen molar-refractivity contribution in [1.29, 1.82) is 0 Å². The van der Waals surface area contributed by atoms with Crippen LogP contribution in [0.15, 0.2) is 24.3 Å². The van der Waals surface area contributed by atoms with Crippen LogP contribution in [-0.2, 0) is 11.2 Å². The molecule has 0 radical (unpaired) electrons. The fraction of sp³-hybridized carbons (Fsp3) is 0.500. The van der Waals surface area contributed by atoms with Crippen LogP contribution in [0.4, 0.5) is 0 Å². The van der Waals surface area contributed by atoms with Gasteiger partial charge in [0.2, 0.25) is 5.91 Å². The molecule has 98 valence electrons. The minimum atomic E-state index is 0.0950. The summed E-state index contributed by atoms with van der Waals surface area (Å²) >= 11 is 5.81. The molecule has 0 aliphatic carbocycles. The Morgan fingerprint density at radius 2 is 2.17 bits per heavy atom. The Bertz CT molecular complexity index is 405. The Morgan fingerprint density at radius 3 is 2.83 bits per heavy atom. The predicted octanol–water partition coefficient (Wildman–Crippen LogP) is 2.09. The molecule has 1 aliphatic heterocycles. The van der Waals surface area contributed by atoms with E-state index in [-0.39, 0.29) is 5.91 Å². The average molecular weight is 267 g/mol. The molecule has 1 unspecified atom stereocenters. The lowest BCUT2D eigenvalue weighted by Crippen LogP contribution is -2.46. The average Bonchev–Trinajstić information content (AvgIpc) is 2.32. The summed E-state index contributed by atoms with van der Waals surface area (Å²) in [6.07, 6.45) is 2.66. The van der Waals surface area contributed by atoms with Gasteiger partial charge < -0.3 is 10.2 Å². The fourth-order valence-corrected chi connectivity index (χ4v) is 2.48. The second kappa shape index (κ2) is 6.21. The van der Waals surface area contributed by atoms with Gasteiger partial charge in [-0.15, -0.1) is 0 Å². The number of hydrogen-bond acceptors (Lipinski definition) is 2. The summed E-state index contributed by atoms with van der Waals surface area (Å²) in [7, 11) is 2.09. The van der Waals surface area contributed by atoms with Crippen LogP contribution in [0.5, 0.6) is 0 Å². The van der Waals surface area contributed by atoms with Crippen molar-refractivity contribution in [2.45, 2.75) is 25.3 Å². The van der Waals surface area contributed by atoms with E-state index in [0.717, 1.165) is 31.5 Å². The molecule has 1 aliphatic rings. The zero-order chi connectivity index (χ0) is 13.0. The summed E-state index contributed by atoms with van der Waals surface area (Å²) < 4.78 is 0. The third-order valence-corrected chi connectivity index (χ3v) is 3.52. The first kappa shape index (κ1) is 13.4. The van der Waals surface area contributed by atoms with Gasteiger partial charge in [0, 0.05) is 17.6 Å². The molecule has 1 aromatic carbocycles. The summed E-state index contributed by atoms with van der Waals surface area (Å²) in [5.41, 5.74) is 1.00. The van der Waals surface area contributed by atoms with Crippen molar-refractivity contribution in [2.75, 3.05) is 20.1 Å². The van der Waals surface area contributed by atoms with Crippen LogP contribution < -0.4 is 5.32 Å². The number of likely N-dealkylation sites (N-methyl/N-ethyl adjacent to an activating group) is 1. The number of nitrogens with zero attached hydrogens (tertiary/aromatic N) is 1. The number of nitrogens with one attached hydrogen (secondary N) is 1. The Kier molecular flexibility index (Phi) is 4.61. The Labute approximate surface area is 113 Å². The highest BCUT2D eigenvalue weighted by molar-refractivity contribution is 6.30. The molecule has 1 fully saturated rings. The Morgan fingerprint density at radius 1 is 1.44 bits per heavy atom. The van der Waals surface area contributed by atoms with Crippen LogP contribution in [0.2, 0.25) is 5.02 Å². The smallest absolute Gasteiger partial charge is 0.224 e. The highest BCUT2D eigenvalue weighted by Gasteiger charge is 2.18. The molecule has 1 amide bonds. The van der Waals surface area contributed by atoms with Crippen molar-refractivity contribution in [3.63, 3.8) is 0 Å². The third kappa shape index (κ3) is 4.00. The zero-order valence-corrected chi connectivity index (χ0v) is 11.4. The molecule has 1 heterocycles. The Hall–Kier alpha value is -1.06. The van der Waals surface area contributed by atoms with Gasteiger partial charge in [-0.2, -0.15) is 0 Å². The second-order valence-corrected chi connectivity index (χ2v) is 5.41. The molecule has 4 heteroatoms. The summed E-state index contributed by atoms with van der Waals surface area (Å²) in [5, 5.41) is 3.80. The van der Waals surface area contributed by atoms with Crippen LogP contribution in [-0.4, -0.2) is 37.0 Å². The molecule has 0 bridgehead atoms. The van der Waals surface area contributed by atoms with Crippen LogP contribution in [0.3, 0.4) is 0 Å². The van der Waals surface area contributed by atoms with Gasteiger partial charge in [-0.25, -0.2) is 0 Å². The maximum Gasteiger partial charge on any atom is 0.224 e. The Balaban J connectivity index is 1.83. The van der Waals surface area contributed by atoms with E-state index in [1.807, 2.05) is 24.3 Å². The lowest BCUT2D eigenvalue weighted by Gasteiger charge is -2.30. The molecule has 0 spiro atoms. The number of halogens is 1. The minimum absolute atomic E-state index is 0.0950. The summed E-state index contributed by atoms with van der Waals surface area (Å²) in [4.78, 5) is 14.2. The largest absolute Gasteiger partial charge is 0.352 e. The molecule has 1 saturated heterocycles. The highest BCUT2D eigenvalue weighted by Crippen LogP contribution is 2.11. The number of rotatable bonds is 3. The van der Waals surface area contributed by atoms with E-state index < -0.39 is 0 Å². The lowest BCUT2D eigenvalue weighted by atomic mass is 10.1. The zero-order valence-electron chi connectivity index (χ0n) is 10.7. The van der Waals surface area contributed by atoms with Crippen LogP contribution in [0, 0.1) is 0 Å². The molecule has 0 saturated carbocycles. The van der Waals surface area contributed by atoms with Gasteiger partial charge in [0.05, 0.1) is 6.42 Å². The normalized spacial score (nSPS) is 20.7. The van der Waals surface area contributed by atoms with Crippen molar-refractivity contribution in [3.8, 4) is 0 Å². The number of carbonyl (C=O) groups excluding carboxylic acids is 1. The quantitative estimate of drug-likeness (QED) is 0.909. The van der Waals surface area contributed by atoms with Crippen molar-refractivity contribution >= 4 is 17.5 Å². The van der Waals surface area contributed by atoms with E-state index in [1.54, 1.807) is 0 Å². The van der Waals surface area contributed by atoms with Gasteiger partial charge in [-0.05, 0) is 44.1 Å². The summed E-state index contributed by atoms with van der Waals surface area (Å²) in [6, 6.07) is 7.73. The van der Waals surface area contributed by atoms with Gasteiger partial charge in [-0.1, -0.05) is 23.7 Å². The maximum atomic E-state index is 11.9. The van der Waals surface area contributed by atoms with Crippen molar-refractivity contribution in [2.24, 2.45) is 0 Å². The number of likely N-dealkylation sites (tertiary alicyclic amines) is 1. The first-order valence-electron chi connectivity index (χ1n) is 6.36. The minimum Gasteiger partial charge on any atom is -0.352 e. The first-order chi connectivity index (χ1) is 8.63. The third-order valence-electron chi connectivity index (χ3n) is 3.27. The van der Waals surface area contributed by atoms with Crippen molar-refractivity contribution in [3.05, 3.63) is 34.9 Å². The number of hydrogen-bond donors (Lipinski definition) is 1. The predicted molar refractivity (Wildman–Crippen MR) is 73.8 cm³/mol. The molecule has 0 aromatic heterocycles. The van der Waals surface area contributed by atoms with E-state index in [1.165, 1.54) is 0 Å². The number of carbonyl (C=O) groups is 1. The van der Waals surface area contributed by atoms with Crippen LogP contribution in [0.1, 0.15) is 18.4 Å². The number of benzene rings is 1. The van der Waals surface area contributed by atoms with Crippen LogP contribution in [0.25, 0.3) is 0 Å². The molecular formula is C14H19ClN2O. The van der Waals surface area contributed by atoms with E-state index >= 15 is 0 Å². The molecule has 18 heavy (non-hydrogen) atoms. The lowest BCUT2D eigenvalue weighted by molar-refractivity contribution is -0.121. The van der Waals surface area contributed by atoms with Crippen molar-refractivity contribution in [1.82, 2.24) is 10.2 Å².